The van der Waals surface area contributed by atoms with Crippen molar-refractivity contribution < 1.29 is 48.0 Å². The molecule has 43 heavy (non-hydrogen) atoms. The fourth-order valence-electron chi connectivity index (χ4n) is 6.15. The minimum atomic E-state index is -1.92. The van der Waals surface area contributed by atoms with Gasteiger partial charge < -0.3 is 24.1 Å². The highest BCUT2D eigenvalue weighted by Gasteiger charge is 2.63. The summed E-state index contributed by atoms with van der Waals surface area (Å²) in [6.45, 7) is 14.5. The van der Waals surface area contributed by atoms with E-state index in [1.54, 1.807) is 70.2 Å². The van der Waals surface area contributed by atoms with E-state index >= 15 is 0 Å². The van der Waals surface area contributed by atoms with Gasteiger partial charge in [-0.1, -0.05) is 50.8 Å². The number of carbonyl (C=O) groups excluding carboxylic acids is 5. The van der Waals surface area contributed by atoms with E-state index in [-0.39, 0.29) is 29.8 Å². The Hall–Kier alpha value is -3.79. The molecule has 234 valence electrons. The largest absolute Gasteiger partial charge is 0.459 e. The third kappa shape index (κ3) is 7.60. The zero-order valence-corrected chi connectivity index (χ0v) is 25.8. The van der Waals surface area contributed by atoms with Gasteiger partial charge in [0.25, 0.3) is 0 Å². The molecule has 8 atom stereocenters. The van der Waals surface area contributed by atoms with Crippen LogP contribution in [0.15, 0.2) is 54.6 Å². The summed E-state index contributed by atoms with van der Waals surface area (Å²) in [5.41, 5.74) is -2.68. The monoisotopic (exact) mass is 598 g/mol. The smallest absolute Gasteiger partial charge is 0.338 e. The summed E-state index contributed by atoms with van der Waals surface area (Å²) in [7, 11) is 0. The maximum Gasteiger partial charge on any atom is 0.338 e. The lowest BCUT2D eigenvalue weighted by Crippen LogP contribution is -2.58. The van der Waals surface area contributed by atoms with Gasteiger partial charge >= 0.3 is 23.9 Å². The summed E-state index contributed by atoms with van der Waals surface area (Å²) in [6.07, 6.45) is -1.87. The van der Waals surface area contributed by atoms with Crippen LogP contribution < -0.4 is 0 Å². The maximum absolute atomic E-state index is 13.5. The minimum Gasteiger partial charge on any atom is -0.459 e. The van der Waals surface area contributed by atoms with Crippen molar-refractivity contribution in [3.8, 4) is 0 Å². The molecule has 1 aromatic rings. The lowest BCUT2D eigenvalue weighted by Gasteiger charge is -2.44. The van der Waals surface area contributed by atoms with Crippen LogP contribution in [-0.4, -0.2) is 64.8 Å². The van der Waals surface area contributed by atoms with Crippen molar-refractivity contribution >= 4 is 29.7 Å². The van der Waals surface area contributed by atoms with Gasteiger partial charge in [-0.2, -0.15) is 0 Å². The Bertz CT molecular complexity index is 1280. The van der Waals surface area contributed by atoms with Crippen molar-refractivity contribution in [1.29, 1.82) is 0 Å². The van der Waals surface area contributed by atoms with E-state index < -0.39 is 77.1 Å². The van der Waals surface area contributed by atoms with Crippen molar-refractivity contribution in [1.82, 2.24) is 0 Å². The molecule has 1 saturated carbocycles. The molecule has 0 aliphatic heterocycles. The molecule has 0 saturated heterocycles. The fourth-order valence-corrected chi connectivity index (χ4v) is 6.15. The van der Waals surface area contributed by atoms with Gasteiger partial charge in [-0.25, -0.2) is 4.79 Å². The van der Waals surface area contributed by atoms with Crippen molar-refractivity contribution in [2.75, 3.05) is 0 Å². The van der Waals surface area contributed by atoms with Crippen LogP contribution in [0.5, 0.6) is 0 Å². The highest BCUT2D eigenvalue weighted by molar-refractivity contribution is 5.89. The Labute approximate surface area is 252 Å². The van der Waals surface area contributed by atoms with E-state index in [1.165, 1.54) is 13.8 Å². The normalized spacial score (nSPS) is 33.2. The zero-order valence-electron chi connectivity index (χ0n) is 25.8. The van der Waals surface area contributed by atoms with Gasteiger partial charge in [0.15, 0.2) is 0 Å². The molecule has 0 aromatic heterocycles. The molecule has 1 N–H and O–H groups in total. The molecule has 0 heterocycles. The molecule has 2 aliphatic rings. The number of ketones is 1. The second-order valence-electron chi connectivity index (χ2n) is 12.2. The highest BCUT2D eigenvalue weighted by atomic mass is 16.6. The Morgan fingerprint density at radius 3 is 2.05 bits per heavy atom. The van der Waals surface area contributed by atoms with Crippen molar-refractivity contribution in [3.63, 3.8) is 0 Å². The van der Waals surface area contributed by atoms with Crippen molar-refractivity contribution in [2.45, 2.75) is 91.3 Å². The number of hydrogen-bond acceptors (Lipinski definition) is 10. The highest BCUT2D eigenvalue weighted by Crippen LogP contribution is 2.51. The van der Waals surface area contributed by atoms with Crippen LogP contribution >= 0.6 is 0 Å². The first-order chi connectivity index (χ1) is 20.0. The summed E-state index contributed by atoms with van der Waals surface area (Å²) < 4.78 is 23.1. The number of esters is 4. The van der Waals surface area contributed by atoms with Crippen LogP contribution in [0.4, 0.5) is 0 Å². The number of fused-ring (bicyclic) bond motifs is 1. The van der Waals surface area contributed by atoms with Gasteiger partial charge in [-0.3, -0.25) is 19.2 Å². The first kappa shape index (κ1) is 33.7. The average Bonchev–Trinajstić information content (AvgIpc) is 3.16. The quantitative estimate of drug-likeness (QED) is 0.298. The Kier molecular flexibility index (Phi) is 10.4. The van der Waals surface area contributed by atoms with E-state index in [4.69, 9.17) is 18.9 Å². The van der Waals surface area contributed by atoms with Crippen LogP contribution in [0.1, 0.15) is 71.7 Å². The van der Waals surface area contributed by atoms with Gasteiger partial charge in [0.2, 0.25) is 0 Å². The van der Waals surface area contributed by atoms with Gasteiger partial charge in [0.1, 0.15) is 35.8 Å². The SMILES string of the molecule is C=C1[C@H](OC(C)=O)CC(=O)C(C)(C)/C=C/[C@@H](C)[C@@H](OC(C)=O)[C@@]2(O)C[C@H](C)[C@H](OC(=O)c3ccccc3)[C@@H]2[C@H]1OC(C)=O. The summed E-state index contributed by atoms with van der Waals surface area (Å²) in [6, 6.07) is 8.26. The average molecular weight is 599 g/mol. The first-order valence-corrected chi connectivity index (χ1v) is 14.4. The Morgan fingerprint density at radius 1 is 0.907 bits per heavy atom. The van der Waals surface area contributed by atoms with Gasteiger partial charge in [0.05, 0.1) is 11.5 Å². The Morgan fingerprint density at radius 2 is 1.49 bits per heavy atom. The number of benzene rings is 1. The maximum atomic E-state index is 13.5. The van der Waals surface area contributed by atoms with Crippen LogP contribution in [0.3, 0.4) is 0 Å². The van der Waals surface area contributed by atoms with Crippen LogP contribution in [0, 0.1) is 23.2 Å². The number of ether oxygens (including phenoxy) is 4. The molecule has 10 nitrogen and oxygen atoms in total. The second-order valence-corrected chi connectivity index (χ2v) is 12.2. The molecular formula is C33H42O10. The molecule has 1 aromatic carbocycles. The first-order valence-electron chi connectivity index (χ1n) is 14.4. The van der Waals surface area contributed by atoms with E-state index in [0.717, 1.165) is 6.92 Å². The van der Waals surface area contributed by atoms with E-state index in [1.807, 2.05) is 0 Å². The molecule has 0 amide bonds. The number of hydrogen-bond donors (Lipinski definition) is 1. The summed E-state index contributed by atoms with van der Waals surface area (Å²) >= 11 is 0. The molecular weight excluding hydrogens is 556 g/mol. The molecule has 0 bridgehead atoms. The van der Waals surface area contributed by atoms with Crippen LogP contribution in [0.25, 0.3) is 0 Å². The van der Waals surface area contributed by atoms with Crippen LogP contribution in [0.2, 0.25) is 0 Å². The van der Waals surface area contributed by atoms with E-state index in [2.05, 4.69) is 6.58 Å². The standard InChI is InChI=1S/C33H42O10/c1-18-14-15-32(7,8)26(37)16-25(40-21(4)34)20(3)29(41-22(5)35)27-28(43-31(38)24-12-10-9-11-13-24)19(2)17-33(27,39)30(18)42-23(6)36/h9-15,18-19,25,27-30,39H,3,16-17H2,1-2,4-8H3/b15-14+/t18-,19+,25-,27-,28+,29+,30-,33-/m1/s1. The van der Waals surface area contributed by atoms with E-state index in [0.29, 0.717) is 0 Å². The number of allylic oxidation sites excluding steroid dienone is 1. The molecule has 0 spiro atoms. The number of aliphatic hydroxyl groups is 1. The van der Waals surface area contributed by atoms with Crippen molar-refractivity contribution in [2.24, 2.45) is 23.2 Å². The third-order valence-electron chi connectivity index (χ3n) is 8.27. The predicted molar refractivity (Wildman–Crippen MR) is 155 cm³/mol. The number of Topliss-reactive ketones (excluding diaryl/α,β-unsaturated/α-hetero) is 1. The minimum absolute atomic E-state index is 0.00781. The van der Waals surface area contributed by atoms with Gasteiger partial charge in [0, 0.05) is 44.1 Å². The summed E-state index contributed by atoms with van der Waals surface area (Å²) in [4.78, 5) is 64.0. The lowest BCUT2D eigenvalue weighted by atomic mass is 9.72. The third-order valence-corrected chi connectivity index (χ3v) is 8.27. The zero-order chi connectivity index (χ0) is 32.3. The molecule has 0 unspecified atom stereocenters. The summed E-state index contributed by atoms with van der Waals surface area (Å²) in [5, 5.41) is 12.6. The van der Waals surface area contributed by atoms with E-state index in [9.17, 15) is 29.1 Å². The number of rotatable bonds is 5. The number of carbonyl (C=O) groups is 5. The Balaban J connectivity index is 2.29. The molecule has 2 aliphatic carbocycles. The molecule has 10 heteroatoms. The van der Waals surface area contributed by atoms with Gasteiger partial charge in [-0.15, -0.1) is 0 Å². The topological polar surface area (TPSA) is 143 Å². The van der Waals surface area contributed by atoms with Crippen LogP contribution in [-0.2, 0) is 38.1 Å². The van der Waals surface area contributed by atoms with Gasteiger partial charge in [-0.05, 0) is 38.3 Å². The fraction of sp³-hybridized carbons (Fsp3) is 0.545. The van der Waals surface area contributed by atoms with Crippen molar-refractivity contribution in [3.05, 3.63) is 60.2 Å². The second kappa shape index (κ2) is 13.2. The lowest BCUT2D eigenvalue weighted by molar-refractivity contribution is -0.191. The molecule has 0 radical (unpaired) electrons. The molecule has 3 rings (SSSR count). The predicted octanol–water partition coefficient (Wildman–Crippen LogP) is 4.14. The summed E-state index contributed by atoms with van der Waals surface area (Å²) in [5.74, 6) is -5.47. The molecule has 1 fully saturated rings.